The SMILES string of the molecule is CCN(CC)c1ccc(C=Nc2cc(F)c([N+](=O)[O-])cc2O)c(O)c1.CCN(CC)c1ccc(C=Nc2cc([N+](=O)[O-])ccc2O)c(O)c1.O=[N+]([O-])c1ccc(O)c(N=Cc2ccccc2O)c1.O=[N+]([O-])c1ccc(O)c(N=Cc2ccccc2O)c1.O=[N+]([O-])c1ccc(O)c(N=Cc2ccccc2O)c1.O=[N+]([O-])c1ccc(O)c(N=Cc2ccccc2O)c1.[Co].[Co].[Mn]. The first-order valence-electron chi connectivity index (χ1n) is 36.7. The van der Waals surface area contributed by atoms with Gasteiger partial charge < -0.3 is 71.1 Å². The molecule has 0 spiro atoms. The average Bonchev–Trinajstić information content (AvgIpc) is 0.818. The van der Waals surface area contributed by atoms with E-state index in [1.54, 1.807) is 97.1 Å². The Morgan fingerprint density at radius 2 is 0.477 bits per heavy atom. The van der Waals surface area contributed by atoms with Gasteiger partial charge in [0.2, 0.25) is 5.82 Å². The molecule has 0 saturated carbocycles. The van der Waals surface area contributed by atoms with Crippen molar-refractivity contribution in [1.29, 1.82) is 0 Å². The van der Waals surface area contributed by atoms with Crippen LogP contribution in [0, 0.1) is 66.5 Å². The number of non-ortho nitro benzene ring substituents is 5. The van der Waals surface area contributed by atoms with E-state index in [0.717, 1.165) is 67.9 Å². The maximum Gasteiger partial charge on any atom is 0.308 e. The predicted molar refractivity (Wildman–Crippen MR) is 468 cm³/mol. The number of benzene rings is 12. The molecule has 3 radical (unpaired) electrons. The number of phenolic OH excluding ortho intramolecular Hbond substituents is 12. The molecule has 38 nitrogen and oxygen atoms in total. The fraction of sp³-hybridized carbons (Fsp3) is 0.0930. The van der Waals surface area contributed by atoms with Crippen LogP contribution >= 0.6 is 0 Å². The molecule has 0 amide bonds. The molecule has 12 N–H and O–H groups in total. The molecular formula is C86H77Co2FMnN14O24. The fourth-order valence-corrected chi connectivity index (χ4v) is 10.5. The standard InChI is InChI=1S/C17H18FN3O4.C17H19N3O4.4C13H10N2O4.2Co.Mn/c1-3-20(4-2)12-6-5-11(16(22)7-12)10-19-14-8-13(18)15(21(24)25)9-17(14)23;1-3-19(4-2)13-6-5-12(17(22)10-13)11-18-15-9-14(20(23)24)7-8-16(15)21;4*16-12-4-2-1-3-9(12)8-14-11-7-10(15(18)19)5-6-13(11)17;;;/h5-10,22-23H,3-4H2,1-2H3;5-11,21-22H,3-4H2,1-2H3;4*1-8,16-17H;;;. The summed E-state index contributed by atoms with van der Waals surface area (Å²) in [5, 5.41) is 180. The molecule has 0 unspecified atom stereocenters. The second kappa shape index (κ2) is 51.0. The third-order valence-corrected chi connectivity index (χ3v) is 17.2. The summed E-state index contributed by atoms with van der Waals surface area (Å²) < 4.78 is 13.6. The van der Waals surface area contributed by atoms with Gasteiger partial charge in [0.05, 0.1) is 35.6 Å². The van der Waals surface area contributed by atoms with Crippen molar-refractivity contribution < 1.29 is 146 Å². The molecule has 0 aliphatic rings. The van der Waals surface area contributed by atoms with Crippen LogP contribution in [0.1, 0.15) is 61.1 Å². The maximum absolute atomic E-state index is 13.6. The Kier molecular flexibility index (Phi) is 41.4. The monoisotopic (exact) mass is 1880 g/mol. The van der Waals surface area contributed by atoms with Crippen LogP contribution in [0.3, 0.4) is 0 Å². The van der Waals surface area contributed by atoms with Crippen LogP contribution < -0.4 is 9.80 Å². The van der Waals surface area contributed by atoms with Crippen molar-refractivity contribution >= 4 is 117 Å². The van der Waals surface area contributed by atoms with E-state index in [0.29, 0.717) is 39.4 Å². The molecule has 0 atom stereocenters. The molecule has 12 rings (SSSR count). The van der Waals surface area contributed by atoms with Crippen LogP contribution in [0.25, 0.3) is 0 Å². The summed E-state index contributed by atoms with van der Waals surface area (Å²) in [5.41, 5.74) is 2.89. The summed E-state index contributed by atoms with van der Waals surface area (Å²) in [6, 6.07) is 55.5. The van der Waals surface area contributed by atoms with E-state index in [-0.39, 0.29) is 176 Å². The number of aromatic hydroxyl groups is 12. The van der Waals surface area contributed by atoms with Crippen molar-refractivity contribution in [3.8, 4) is 69.0 Å². The number of halogens is 1. The molecule has 12 aromatic rings. The Morgan fingerprint density at radius 3 is 0.672 bits per heavy atom. The molecule has 0 aromatic heterocycles. The van der Waals surface area contributed by atoms with Gasteiger partial charge in [0.25, 0.3) is 28.4 Å². The van der Waals surface area contributed by atoms with Gasteiger partial charge in [-0.2, -0.15) is 4.39 Å². The Morgan fingerprint density at radius 1 is 0.266 bits per heavy atom. The normalized spacial score (nSPS) is 10.6. The summed E-state index contributed by atoms with van der Waals surface area (Å²) in [6.45, 7) is 11.3. The van der Waals surface area contributed by atoms with Gasteiger partial charge in [-0.15, -0.1) is 0 Å². The molecule has 0 aliphatic carbocycles. The van der Waals surface area contributed by atoms with Crippen LogP contribution in [0.2, 0.25) is 0 Å². The Balaban J connectivity index is 0.000000321. The van der Waals surface area contributed by atoms with Gasteiger partial charge >= 0.3 is 5.69 Å². The van der Waals surface area contributed by atoms with Crippen molar-refractivity contribution in [2.24, 2.45) is 30.0 Å². The third-order valence-electron chi connectivity index (χ3n) is 17.2. The zero-order valence-corrected chi connectivity index (χ0v) is 70.5. The summed E-state index contributed by atoms with van der Waals surface area (Å²) in [5.74, 6) is -2.29. The molecule has 0 saturated heterocycles. The molecular weight excluding hydrogens is 1800 g/mol. The molecule has 667 valence electrons. The minimum absolute atomic E-state index is 0. The number of nitro groups is 6. The Bertz CT molecular complexity index is 5650. The predicted octanol–water partition coefficient (Wildman–Crippen LogP) is 18.4. The molecule has 0 heterocycles. The van der Waals surface area contributed by atoms with Crippen molar-refractivity contribution in [1.82, 2.24) is 0 Å². The van der Waals surface area contributed by atoms with Crippen molar-refractivity contribution in [2.75, 3.05) is 36.0 Å². The number of hydrogen-bond donors (Lipinski definition) is 12. The number of para-hydroxylation sites is 4. The molecule has 0 fully saturated rings. The Hall–Kier alpha value is -16.3. The smallest absolute Gasteiger partial charge is 0.308 e. The van der Waals surface area contributed by atoms with E-state index in [4.69, 9.17) is 0 Å². The molecule has 42 heteroatoms. The molecule has 0 aliphatic heterocycles. The Labute approximate surface area is 757 Å². The summed E-state index contributed by atoms with van der Waals surface area (Å²) >= 11 is 0. The van der Waals surface area contributed by atoms with E-state index in [1.165, 1.54) is 128 Å². The minimum atomic E-state index is -1.10. The van der Waals surface area contributed by atoms with Crippen molar-refractivity contribution in [3.05, 3.63) is 336 Å². The number of anilines is 2. The van der Waals surface area contributed by atoms with Crippen LogP contribution in [0.5, 0.6) is 69.0 Å². The first kappa shape index (κ1) is 104. The first-order valence-corrected chi connectivity index (χ1v) is 36.7. The zero-order chi connectivity index (χ0) is 91.6. The van der Waals surface area contributed by atoms with Crippen LogP contribution in [0.15, 0.2) is 267 Å². The quantitative estimate of drug-likeness (QED) is 0.0116. The van der Waals surface area contributed by atoms with Gasteiger partial charge in [-0.25, -0.2) is 0 Å². The van der Waals surface area contributed by atoms with Crippen molar-refractivity contribution in [2.45, 2.75) is 27.7 Å². The average molecular weight is 1880 g/mol. The van der Waals surface area contributed by atoms with Crippen molar-refractivity contribution in [3.63, 3.8) is 0 Å². The third kappa shape index (κ3) is 30.9. The van der Waals surface area contributed by atoms with Crippen LogP contribution in [0.4, 0.5) is 84.0 Å². The van der Waals surface area contributed by atoms with Gasteiger partial charge in [0, 0.05) is 238 Å². The van der Waals surface area contributed by atoms with E-state index < -0.39 is 46.8 Å². The van der Waals surface area contributed by atoms with Gasteiger partial charge in [0.15, 0.2) is 0 Å². The van der Waals surface area contributed by atoms with Crippen LogP contribution in [-0.4, -0.2) is 154 Å². The first-order chi connectivity index (χ1) is 59.6. The van der Waals surface area contributed by atoms with Gasteiger partial charge in [0.1, 0.15) is 103 Å². The summed E-state index contributed by atoms with van der Waals surface area (Å²) in [6.07, 6.45) is 7.92. The van der Waals surface area contributed by atoms with E-state index in [2.05, 4.69) is 39.8 Å². The topological polar surface area (TPSA) is 582 Å². The number of phenols is 12. The van der Waals surface area contributed by atoms with Gasteiger partial charge in [-0.3, -0.25) is 90.6 Å². The minimum Gasteiger partial charge on any atom is -0.507 e. The van der Waals surface area contributed by atoms with E-state index in [1.807, 2.05) is 39.8 Å². The largest absolute Gasteiger partial charge is 0.507 e. The number of aliphatic imine (C=N–C) groups is 6. The molecule has 128 heavy (non-hydrogen) atoms. The number of nitrogens with zero attached hydrogens (tertiary/aromatic N) is 14. The van der Waals surface area contributed by atoms with Gasteiger partial charge in [-0.05, 0) is 131 Å². The maximum atomic E-state index is 13.6. The van der Waals surface area contributed by atoms with E-state index >= 15 is 0 Å². The van der Waals surface area contributed by atoms with E-state index in [9.17, 15) is 126 Å². The zero-order valence-electron chi connectivity index (χ0n) is 67.3. The summed E-state index contributed by atoms with van der Waals surface area (Å²) in [7, 11) is 0. The fourth-order valence-electron chi connectivity index (χ4n) is 10.5. The number of hydrogen-bond acceptors (Lipinski definition) is 32. The molecule has 12 aromatic carbocycles. The second-order valence-corrected chi connectivity index (χ2v) is 25.3. The van der Waals surface area contributed by atoms with Crippen LogP contribution in [-0.2, 0) is 50.6 Å². The summed E-state index contributed by atoms with van der Waals surface area (Å²) in [4.78, 5) is 88.0. The number of rotatable bonds is 24. The van der Waals surface area contributed by atoms with Gasteiger partial charge in [-0.1, -0.05) is 48.5 Å². The molecule has 0 bridgehead atoms. The second-order valence-electron chi connectivity index (χ2n) is 25.3. The number of nitro benzene ring substituents is 6.